The van der Waals surface area contributed by atoms with Crippen molar-refractivity contribution < 1.29 is 0 Å². The van der Waals surface area contributed by atoms with E-state index in [0.29, 0.717) is 0 Å². The van der Waals surface area contributed by atoms with Gasteiger partial charge in [-0.3, -0.25) is 9.88 Å². The predicted octanol–water partition coefficient (Wildman–Crippen LogP) is 1.96. The summed E-state index contributed by atoms with van der Waals surface area (Å²) in [5.41, 5.74) is 1.25. The Morgan fingerprint density at radius 3 is 2.65 bits per heavy atom. The minimum Gasteiger partial charge on any atom is -0.354 e. The van der Waals surface area contributed by atoms with Crippen LogP contribution in [0.4, 0.5) is 5.82 Å². The second kappa shape index (κ2) is 6.28. The van der Waals surface area contributed by atoms with Gasteiger partial charge in [-0.2, -0.15) is 0 Å². The summed E-state index contributed by atoms with van der Waals surface area (Å²) in [4.78, 5) is 17.2. The number of rotatable bonds is 3. The Balaban J connectivity index is 1.56. The third kappa shape index (κ3) is 3.32. The maximum Gasteiger partial charge on any atom is 0.131 e. The van der Waals surface area contributed by atoms with Crippen LogP contribution in [0.5, 0.6) is 0 Å². The molecule has 0 spiro atoms. The van der Waals surface area contributed by atoms with Crippen LogP contribution in [-0.2, 0) is 6.54 Å². The first-order chi connectivity index (χ1) is 9.81. The molecule has 104 valence electrons. The van der Waals surface area contributed by atoms with Gasteiger partial charge in [0.1, 0.15) is 12.1 Å². The van der Waals surface area contributed by atoms with Crippen LogP contribution < -0.4 is 4.90 Å². The molecule has 2 aromatic heterocycles. The lowest BCUT2D eigenvalue weighted by Gasteiger charge is -2.35. The fraction of sp³-hybridized carbons (Fsp3) is 0.357. The molecule has 0 saturated carbocycles. The van der Waals surface area contributed by atoms with Gasteiger partial charge in [0.2, 0.25) is 0 Å². The molecule has 0 atom stereocenters. The highest BCUT2D eigenvalue weighted by atomic mass is 79.9. The van der Waals surface area contributed by atoms with E-state index in [1.54, 1.807) is 12.5 Å². The largest absolute Gasteiger partial charge is 0.354 e. The summed E-state index contributed by atoms with van der Waals surface area (Å²) in [6, 6.07) is 4.09. The monoisotopic (exact) mass is 333 g/mol. The van der Waals surface area contributed by atoms with E-state index < -0.39 is 0 Å². The first kappa shape index (κ1) is 13.5. The molecule has 0 N–H and O–H groups in total. The van der Waals surface area contributed by atoms with Crippen LogP contribution in [0.2, 0.25) is 0 Å². The van der Waals surface area contributed by atoms with Crippen LogP contribution in [0.3, 0.4) is 0 Å². The predicted molar refractivity (Wildman–Crippen MR) is 81.5 cm³/mol. The number of aromatic nitrogens is 3. The summed E-state index contributed by atoms with van der Waals surface area (Å²) >= 11 is 3.46. The number of anilines is 1. The van der Waals surface area contributed by atoms with Gasteiger partial charge in [-0.1, -0.05) is 0 Å². The Labute approximate surface area is 126 Å². The molecule has 1 fully saturated rings. The van der Waals surface area contributed by atoms with Gasteiger partial charge in [0.15, 0.2) is 0 Å². The van der Waals surface area contributed by atoms with Crippen molar-refractivity contribution in [1.29, 1.82) is 0 Å². The zero-order valence-electron chi connectivity index (χ0n) is 11.1. The third-order valence-electron chi connectivity index (χ3n) is 3.43. The fourth-order valence-electron chi connectivity index (χ4n) is 2.41. The molecule has 5 nitrogen and oxygen atoms in total. The lowest BCUT2D eigenvalue weighted by atomic mass is 10.2. The summed E-state index contributed by atoms with van der Waals surface area (Å²) in [6.07, 6.45) is 7.15. The third-order valence-corrected chi connectivity index (χ3v) is 3.86. The van der Waals surface area contributed by atoms with Crippen LogP contribution in [0.25, 0.3) is 0 Å². The Kier molecular flexibility index (Phi) is 4.22. The van der Waals surface area contributed by atoms with E-state index in [-0.39, 0.29) is 0 Å². The van der Waals surface area contributed by atoms with Gasteiger partial charge in [-0.15, -0.1) is 0 Å². The maximum absolute atomic E-state index is 4.30. The molecule has 3 heterocycles. The molecule has 0 aromatic carbocycles. The average Bonchev–Trinajstić information content (AvgIpc) is 2.49. The van der Waals surface area contributed by atoms with E-state index in [2.05, 4.69) is 46.7 Å². The van der Waals surface area contributed by atoms with Gasteiger partial charge in [0.25, 0.3) is 0 Å². The van der Waals surface area contributed by atoms with Gasteiger partial charge in [0, 0.05) is 55.8 Å². The Hall–Kier alpha value is -1.53. The van der Waals surface area contributed by atoms with Crippen molar-refractivity contribution in [3.8, 4) is 0 Å². The quantitative estimate of drug-likeness (QED) is 0.859. The van der Waals surface area contributed by atoms with Crippen LogP contribution >= 0.6 is 15.9 Å². The smallest absolute Gasteiger partial charge is 0.131 e. The van der Waals surface area contributed by atoms with Crippen LogP contribution in [0.1, 0.15) is 5.56 Å². The molecule has 0 aliphatic carbocycles. The van der Waals surface area contributed by atoms with E-state index in [1.807, 2.05) is 18.5 Å². The molecule has 6 heteroatoms. The molecule has 1 aliphatic rings. The zero-order chi connectivity index (χ0) is 13.8. The van der Waals surface area contributed by atoms with E-state index in [4.69, 9.17) is 0 Å². The highest BCUT2D eigenvalue weighted by molar-refractivity contribution is 9.10. The second-order valence-electron chi connectivity index (χ2n) is 4.84. The Bertz CT molecular complexity index is 555. The van der Waals surface area contributed by atoms with E-state index in [9.17, 15) is 0 Å². The zero-order valence-corrected chi connectivity index (χ0v) is 12.7. The van der Waals surface area contributed by atoms with Crippen molar-refractivity contribution in [2.45, 2.75) is 6.54 Å². The summed E-state index contributed by atoms with van der Waals surface area (Å²) in [7, 11) is 0. The normalized spacial score (nSPS) is 16.4. The van der Waals surface area contributed by atoms with Gasteiger partial charge >= 0.3 is 0 Å². The molecule has 20 heavy (non-hydrogen) atoms. The minimum absolute atomic E-state index is 0.948. The van der Waals surface area contributed by atoms with Gasteiger partial charge in [-0.05, 0) is 33.6 Å². The highest BCUT2D eigenvalue weighted by Gasteiger charge is 2.17. The average molecular weight is 334 g/mol. The standard InChI is InChI=1S/C14H16BrN5/c15-13-7-12(8-17-9-13)10-19-3-5-20(6-4-19)14-1-2-16-11-18-14/h1-2,7-9,11H,3-6,10H2. The lowest BCUT2D eigenvalue weighted by molar-refractivity contribution is 0.249. The van der Waals surface area contributed by atoms with Crippen molar-refractivity contribution in [3.63, 3.8) is 0 Å². The first-order valence-electron chi connectivity index (χ1n) is 6.64. The van der Waals surface area contributed by atoms with Crippen molar-refractivity contribution in [2.24, 2.45) is 0 Å². The number of hydrogen-bond acceptors (Lipinski definition) is 5. The number of hydrogen-bond donors (Lipinski definition) is 0. The van der Waals surface area contributed by atoms with Crippen LogP contribution in [0, 0.1) is 0 Å². The SMILES string of the molecule is Brc1cncc(CN2CCN(c3ccncn3)CC2)c1. The van der Waals surface area contributed by atoms with Gasteiger partial charge < -0.3 is 4.90 Å². The molecule has 0 bridgehead atoms. The maximum atomic E-state index is 4.30. The summed E-state index contributed by atoms with van der Waals surface area (Å²) in [6.45, 7) is 5.02. The molecule has 0 amide bonds. The highest BCUT2D eigenvalue weighted by Crippen LogP contribution is 2.15. The molecule has 2 aromatic rings. The summed E-state index contributed by atoms with van der Waals surface area (Å²) in [5, 5.41) is 0. The molecular weight excluding hydrogens is 318 g/mol. The molecular formula is C14H16BrN5. The topological polar surface area (TPSA) is 45.2 Å². The van der Waals surface area contributed by atoms with E-state index in [1.165, 1.54) is 5.56 Å². The van der Waals surface area contributed by atoms with Crippen molar-refractivity contribution in [3.05, 3.63) is 47.1 Å². The molecule has 0 unspecified atom stereocenters. The summed E-state index contributed by atoms with van der Waals surface area (Å²) in [5.74, 6) is 1.02. The number of pyridine rings is 1. The van der Waals surface area contributed by atoms with Crippen LogP contribution in [0.15, 0.2) is 41.5 Å². The van der Waals surface area contributed by atoms with Crippen LogP contribution in [-0.4, -0.2) is 46.0 Å². The Morgan fingerprint density at radius 1 is 1.10 bits per heavy atom. The molecule has 0 radical (unpaired) electrons. The van der Waals surface area contributed by atoms with Gasteiger partial charge in [0.05, 0.1) is 0 Å². The molecule has 1 aliphatic heterocycles. The number of halogens is 1. The van der Waals surface area contributed by atoms with Crippen molar-refractivity contribution >= 4 is 21.7 Å². The minimum atomic E-state index is 0.948. The van der Waals surface area contributed by atoms with Crippen molar-refractivity contribution in [1.82, 2.24) is 19.9 Å². The van der Waals surface area contributed by atoms with Gasteiger partial charge in [-0.25, -0.2) is 9.97 Å². The Morgan fingerprint density at radius 2 is 1.95 bits per heavy atom. The van der Waals surface area contributed by atoms with E-state index >= 15 is 0 Å². The second-order valence-corrected chi connectivity index (χ2v) is 5.76. The fourth-order valence-corrected chi connectivity index (χ4v) is 2.82. The lowest BCUT2D eigenvalue weighted by Crippen LogP contribution is -2.46. The van der Waals surface area contributed by atoms with Crippen molar-refractivity contribution in [2.75, 3.05) is 31.1 Å². The van der Waals surface area contributed by atoms with E-state index in [0.717, 1.165) is 43.0 Å². The number of piperazine rings is 1. The number of nitrogens with zero attached hydrogens (tertiary/aromatic N) is 5. The molecule has 3 rings (SSSR count). The summed E-state index contributed by atoms with van der Waals surface area (Å²) < 4.78 is 1.04. The first-order valence-corrected chi connectivity index (χ1v) is 7.43. The molecule has 1 saturated heterocycles.